The van der Waals surface area contributed by atoms with Gasteiger partial charge in [0.2, 0.25) is 0 Å². The number of aromatic nitrogens is 1. The number of pyridine rings is 1. The lowest BCUT2D eigenvalue weighted by Crippen LogP contribution is -2.43. The van der Waals surface area contributed by atoms with Gasteiger partial charge in [0.15, 0.2) is 6.17 Å². The predicted molar refractivity (Wildman–Crippen MR) is 98.4 cm³/mol. The Labute approximate surface area is 163 Å². The fraction of sp³-hybridized carbons (Fsp3) is 0.235. The van der Waals surface area contributed by atoms with Crippen molar-refractivity contribution < 1.29 is 18.3 Å². The first-order valence-electron chi connectivity index (χ1n) is 7.75. The summed E-state index contributed by atoms with van der Waals surface area (Å²) < 4.78 is 33.7. The molecule has 10 heteroatoms. The van der Waals surface area contributed by atoms with Gasteiger partial charge in [-0.05, 0) is 31.2 Å². The largest absolute Gasteiger partial charge is 0.462 e. The van der Waals surface area contributed by atoms with Gasteiger partial charge < -0.3 is 15.8 Å². The number of carbonyl (C=O) groups excluding carboxylic acids is 1. The molecule has 0 aliphatic carbocycles. The van der Waals surface area contributed by atoms with Crippen molar-refractivity contribution in [3.8, 4) is 0 Å². The van der Waals surface area contributed by atoms with Crippen LogP contribution in [-0.2, 0) is 10.3 Å². The SMILES string of the molecule is C[C@]1(c2cc(NC(=O)c3ncc(Cl)cc3Cl)ccc2F)N=C(N)OC[C@@H]1F. The Morgan fingerprint density at radius 2 is 2.15 bits per heavy atom. The summed E-state index contributed by atoms with van der Waals surface area (Å²) in [5.74, 6) is -1.33. The lowest BCUT2D eigenvalue weighted by Gasteiger charge is -2.33. The van der Waals surface area contributed by atoms with E-state index >= 15 is 0 Å². The van der Waals surface area contributed by atoms with E-state index in [1.54, 1.807) is 0 Å². The number of alkyl halides is 1. The number of benzene rings is 1. The van der Waals surface area contributed by atoms with Crippen LogP contribution in [0.3, 0.4) is 0 Å². The van der Waals surface area contributed by atoms with E-state index in [1.165, 1.54) is 31.3 Å². The highest BCUT2D eigenvalue weighted by Crippen LogP contribution is 2.37. The number of hydrogen-bond acceptors (Lipinski definition) is 5. The number of carbonyl (C=O) groups is 1. The van der Waals surface area contributed by atoms with Crippen LogP contribution in [0.15, 0.2) is 35.5 Å². The van der Waals surface area contributed by atoms with E-state index < -0.39 is 23.4 Å². The molecule has 1 amide bonds. The van der Waals surface area contributed by atoms with Crippen LogP contribution < -0.4 is 11.1 Å². The summed E-state index contributed by atoms with van der Waals surface area (Å²) in [5, 5.41) is 2.87. The third-order valence-corrected chi connectivity index (χ3v) is 4.62. The number of hydrogen-bond donors (Lipinski definition) is 2. The topological polar surface area (TPSA) is 89.6 Å². The molecular weight excluding hydrogens is 401 g/mol. The standard InChI is InChI=1S/C17H14Cl2F2N4O2/c1-17(13(21)7-27-16(22)25-17)10-5-9(2-3-12(10)20)24-15(26)14-11(19)4-8(18)6-23-14/h2-6,13H,7H2,1H3,(H2,22,25)(H,24,26)/t13-,17+/m0/s1. The van der Waals surface area contributed by atoms with Gasteiger partial charge in [-0.15, -0.1) is 0 Å². The smallest absolute Gasteiger partial charge is 0.283 e. The lowest BCUT2D eigenvalue weighted by atomic mass is 9.86. The monoisotopic (exact) mass is 414 g/mol. The average Bonchev–Trinajstić information content (AvgIpc) is 2.60. The number of nitrogens with zero attached hydrogens (tertiary/aromatic N) is 2. The molecule has 3 rings (SSSR count). The minimum Gasteiger partial charge on any atom is -0.462 e. The highest BCUT2D eigenvalue weighted by atomic mass is 35.5. The number of anilines is 1. The number of aliphatic imine (C=N–C) groups is 1. The maximum Gasteiger partial charge on any atom is 0.283 e. The first-order chi connectivity index (χ1) is 12.7. The van der Waals surface area contributed by atoms with E-state index in [-0.39, 0.29) is 39.6 Å². The van der Waals surface area contributed by atoms with E-state index in [0.29, 0.717) is 0 Å². The summed E-state index contributed by atoms with van der Waals surface area (Å²) in [5.41, 5.74) is 4.00. The third-order valence-electron chi connectivity index (χ3n) is 4.12. The Kier molecular flexibility index (Phi) is 5.21. The minimum absolute atomic E-state index is 0.0555. The number of amides is 1. The van der Waals surface area contributed by atoms with E-state index in [0.717, 1.165) is 6.07 Å². The van der Waals surface area contributed by atoms with Gasteiger partial charge in [0.1, 0.15) is 23.7 Å². The number of rotatable bonds is 3. The van der Waals surface area contributed by atoms with Crippen molar-refractivity contribution in [2.24, 2.45) is 10.7 Å². The van der Waals surface area contributed by atoms with Crippen LogP contribution in [0.4, 0.5) is 14.5 Å². The molecule has 0 saturated heterocycles. The summed E-state index contributed by atoms with van der Waals surface area (Å²) in [6.45, 7) is 1.04. The van der Waals surface area contributed by atoms with Gasteiger partial charge in [-0.25, -0.2) is 18.8 Å². The Morgan fingerprint density at radius 1 is 1.41 bits per heavy atom. The highest BCUT2D eigenvalue weighted by Gasteiger charge is 2.42. The van der Waals surface area contributed by atoms with Crippen molar-refractivity contribution in [3.63, 3.8) is 0 Å². The van der Waals surface area contributed by atoms with Gasteiger partial charge >= 0.3 is 0 Å². The summed E-state index contributed by atoms with van der Waals surface area (Å²) in [7, 11) is 0. The zero-order valence-electron chi connectivity index (χ0n) is 14.0. The van der Waals surface area contributed by atoms with Crippen LogP contribution in [-0.4, -0.2) is 29.7 Å². The lowest BCUT2D eigenvalue weighted by molar-refractivity contribution is 0.0923. The van der Waals surface area contributed by atoms with Crippen molar-refractivity contribution in [3.05, 3.63) is 57.6 Å². The molecule has 6 nitrogen and oxygen atoms in total. The second-order valence-corrected chi connectivity index (χ2v) is 6.85. The average molecular weight is 415 g/mol. The molecule has 27 heavy (non-hydrogen) atoms. The van der Waals surface area contributed by atoms with Crippen LogP contribution in [0.1, 0.15) is 23.0 Å². The van der Waals surface area contributed by atoms with Crippen molar-refractivity contribution in [1.29, 1.82) is 0 Å². The number of nitrogens with one attached hydrogen (secondary N) is 1. The zero-order valence-corrected chi connectivity index (χ0v) is 15.5. The predicted octanol–water partition coefficient (Wildman–Crippen LogP) is 3.68. The quantitative estimate of drug-likeness (QED) is 0.801. The van der Waals surface area contributed by atoms with Crippen LogP contribution in [0.2, 0.25) is 10.0 Å². The molecule has 2 atom stereocenters. The molecular formula is C17H14Cl2F2N4O2. The van der Waals surface area contributed by atoms with Crippen molar-refractivity contribution >= 4 is 40.8 Å². The molecule has 142 valence electrons. The molecule has 0 bridgehead atoms. The number of halogens is 4. The second kappa shape index (κ2) is 7.28. The minimum atomic E-state index is -1.63. The first kappa shape index (κ1) is 19.3. The van der Waals surface area contributed by atoms with Gasteiger partial charge in [0, 0.05) is 17.4 Å². The zero-order chi connectivity index (χ0) is 19.8. The first-order valence-corrected chi connectivity index (χ1v) is 8.51. The van der Waals surface area contributed by atoms with E-state index in [2.05, 4.69) is 15.3 Å². The third kappa shape index (κ3) is 3.81. The molecule has 1 aliphatic heterocycles. The molecule has 0 fully saturated rings. The molecule has 2 heterocycles. The summed E-state index contributed by atoms with van der Waals surface area (Å²) in [6, 6.07) is 4.84. The maximum absolute atomic E-state index is 14.4. The maximum atomic E-state index is 14.4. The normalized spacial score (nSPS) is 22.0. The van der Waals surface area contributed by atoms with Crippen molar-refractivity contribution in [2.75, 3.05) is 11.9 Å². The molecule has 0 radical (unpaired) electrons. The Bertz CT molecular complexity index is 941. The van der Waals surface area contributed by atoms with E-state index in [4.69, 9.17) is 33.7 Å². The van der Waals surface area contributed by atoms with Crippen molar-refractivity contribution in [2.45, 2.75) is 18.6 Å². The fourth-order valence-electron chi connectivity index (χ4n) is 2.64. The van der Waals surface area contributed by atoms with Crippen LogP contribution >= 0.6 is 23.2 Å². The molecule has 2 aromatic rings. The summed E-state index contributed by atoms with van der Waals surface area (Å²) >= 11 is 11.7. The van der Waals surface area contributed by atoms with Gasteiger partial charge in [0.25, 0.3) is 11.9 Å². The second-order valence-electron chi connectivity index (χ2n) is 6.01. The van der Waals surface area contributed by atoms with Crippen LogP contribution in [0.25, 0.3) is 0 Å². The fourth-order valence-corrected chi connectivity index (χ4v) is 3.11. The molecule has 0 spiro atoms. The number of ether oxygens (including phenoxy) is 1. The summed E-state index contributed by atoms with van der Waals surface area (Å²) in [4.78, 5) is 20.2. The number of nitrogens with two attached hydrogens (primary N) is 1. The van der Waals surface area contributed by atoms with Crippen LogP contribution in [0.5, 0.6) is 0 Å². The summed E-state index contributed by atoms with van der Waals surface area (Å²) in [6.07, 6.45) is -0.357. The van der Waals surface area contributed by atoms with Crippen LogP contribution in [0, 0.1) is 5.82 Å². The number of amidine groups is 1. The highest BCUT2D eigenvalue weighted by molar-refractivity contribution is 6.36. The van der Waals surface area contributed by atoms with Gasteiger partial charge in [-0.2, -0.15) is 0 Å². The molecule has 0 saturated carbocycles. The van der Waals surface area contributed by atoms with Gasteiger partial charge in [-0.3, -0.25) is 4.79 Å². The Hall–Kier alpha value is -2.45. The van der Waals surface area contributed by atoms with Crippen molar-refractivity contribution in [1.82, 2.24) is 4.98 Å². The molecule has 3 N–H and O–H groups in total. The Morgan fingerprint density at radius 3 is 2.85 bits per heavy atom. The molecule has 1 aromatic heterocycles. The molecule has 1 aromatic carbocycles. The van der Waals surface area contributed by atoms with E-state index in [9.17, 15) is 13.6 Å². The van der Waals surface area contributed by atoms with Gasteiger partial charge in [0.05, 0.1) is 10.0 Å². The molecule has 0 unspecified atom stereocenters. The van der Waals surface area contributed by atoms with Gasteiger partial charge in [-0.1, -0.05) is 23.2 Å². The Balaban J connectivity index is 1.94. The molecule has 1 aliphatic rings. The van der Waals surface area contributed by atoms with E-state index in [1.807, 2.05) is 0 Å².